The van der Waals surface area contributed by atoms with Crippen LogP contribution in [0.25, 0.3) is 22.0 Å². The first-order valence-electron chi connectivity index (χ1n) is 5.84. The molecule has 0 aliphatic rings. The van der Waals surface area contributed by atoms with Crippen molar-refractivity contribution in [3.63, 3.8) is 0 Å². The molecule has 100 valence electrons. The molecule has 1 aromatic heterocycles. The standard InChI is InChI=1S/C14H10IN3O2/c15-10-3-1-2-8(6-10)9-4-5-12-11(7-9)13(16)17-18(12)14(19)20/h1-7H,(H2,16,17)(H,19,20). The number of nitrogens with zero attached hydrogens (tertiary/aromatic N) is 2. The van der Waals surface area contributed by atoms with Gasteiger partial charge in [-0.1, -0.05) is 18.2 Å². The van der Waals surface area contributed by atoms with Crippen LogP contribution < -0.4 is 5.73 Å². The van der Waals surface area contributed by atoms with Gasteiger partial charge in [0.25, 0.3) is 0 Å². The number of benzene rings is 2. The van der Waals surface area contributed by atoms with Crippen molar-refractivity contribution in [2.24, 2.45) is 0 Å². The smallest absolute Gasteiger partial charge is 0.432 e. The van der Waals surface area contributed by atoms with E-state index < -0.39 is 6.09 Å². The van der Waals surface area contributed by atoms with Crippen molar-refractivity contribution in [1.29, 1.82) is 0 Å². The van der Waals surface area contributed by atoms with Crippen LogP contribution in [-0.2, 0) is 0 Å². The molecule has 3 N–H and O–H groups in total. The quantitative estimate of drug-likeness (QED) is 0.635. The number of carboxylic acid groups (broad SMARTS) is 1. The lowest BCUT2D eigenvalue weighted by Gasteiger charge is -2.03. The number of carbonyl (C=O) groups is 1. The van der Waals surface area contributed by atoms with Crippen LogP contribution in [-0.4, -0.2) is 21.0 Å². The van der Waals surface area contributed by atoms with E-state index in [1.165, 1.54) is 0 Å². The molecule has 0 amide bonds. The third-order valence-corrected chi connectivity index (χ3v) is 3.72. The fraction of sp³-hybridized carbons (Fsp3) is 0. The number of hydrogen-bond acceptors (Lipinski definition) is 3. The van der Waals surface area contributed by atoms with E-state index in [-0.39, 0.29) is 5.82 Å². The summed E-state index contributed by atoms with van der Waals surface area (Å²) in [7, 11) is 0. The van der Waals surface area contributed by atoms with Crippen molar-refractivity contribution < 1.29 is 9.90 Å². The summed E-state index contributed by atoms with van der Waals surface area (Å²) in [5.74, 6) is 0.217. The van der Waals surface area contributed by atoms with E-state index in [9.17, 15) is 4.79 Å². The molecule has 0 saturated heterocycles. The highest BCUT2D eigenvalue weighted by Crippen LogP contribution is 2.28. The topological polar surface area (TPSA) is 81.1 Å². The van der Waals surface area contributed by atoms with Crippen LogP contribution in [0.15, 0.2) is 42.5 Å². The lowest BCUT2D eigenvalue weighted by molar-refractivity contribution is 0.194. The summed E-state index contributed by atoms with van der Waals surface area (Å²) >= 11 is 2.25. The number of aromatic nitrogens is 2. The number of anilines is 1. The van der Waals surface area contributed by atoms with E-state index in [4.69, 9.17) is 10.8 Å². The molecule has 0 atom stereocenters. The fourth-order valence-electron chi connectivity index (χ4n) is 2.13. The van der Waals surface area contributed by atoms with Gasteiger partial charge in [-0.3, -0.25) is 0 Å². The van der Waals surface area contributed by atoms with Gasteiger partial charge in [0.1, 0.15) is 0 Å². The van der Waals surface area contributed by atoms with Gasteiger partial charge in [0.2, 0.25) is 0 Å². The third kappa shape index (κ3) is 2.11. The first-order chi connectivity index (χ1) is 9.56. The Hall–Kier alpha value is -2.09. The Bertz CT molecular complexity index is 826. The zero-order valence-corrected chi connectivity index (χ0v) is 12.4. The van der Waals surface area contributed by atoms with Gasteiger partial charge in [-0.15, -0.1) is 5.10 Å². The van der Waals surface area contributed by atoms with Gasteiger partial charge in [0, 0.05) is 8.96 Å². The van der Waals surface area contributed by atoms with Crippen molar-refractivity contribution in [2.75, 3.05) is 5.73 Å². The fourth-order valence-corrected chi connectivity index (χ4v) is 2.68. The second kappa shape index (κ2) is 4.78. The molecule has 0 aliphatic carbocycles. The van der Waals surface area contributed by atoms with Gasteiger partial charge in [0.15, 0.2) is 5.82 Å². The second-order valence-electron chi connectivity index (χ2n) is 4.32. The maximum atomic E-state index is 11.1. The lowest BCUT2D eigenvalue weighted by Crippen LogP contribution is -2.09. The Morgan fingerprint density at radius 3 is 2.65 bits per heavy atom. The molecule has 3 aromatic rings. The Balaban J connectivity index is 2.21. The molecule has 3 rings (SSSR count). The number of fused-ring (bicyclic) bond motifs is 1. The molecule has 0 unspecified atom stereocenters. The van der Waals surface area contributed by atoms with E-state index in [2.05, 4.69) is 33.8 Å². The van der Waals surface area contributed by atoms with Gasteiger partial charge >= 0.3 is 6.09 Å². The molecule has 0 saturated carbocycles. The Labute approximate surface area is 128 Å². The minimum Gasteiger partial charge on any atom is -0.463 e. The summed E-state index contributed by atoms with van der Waals surface area (Å²) in [6, 6.07) is 13.5. The predicted molar refractivity (Wildman–Crippen MR) is 85.7 cm³/mol. The molecule has 1 heterocycles. The average molecular weight is 379 g/mol. The van der Waals surface area contributed by atoms with Crippen molar-refractivity contribution in [3.05, 3.63) is 46.0 Å². The zero-order chi connectivity index (χ0) is 14.3. The Kier molecular flexibility index (Phi) is 3.09. The normalized spacial score (nSPS) is 10.8. The largest absolute Gasteiger partial charge is 0.463 e. The van der Waals surface area contributed by atoms with Crippen LogP contribution >= 0.6 is 22.6 Å². The summed E-state index contributed by atoms with van der Waals surface area (Å²) in [5, 5.41) is 13.5. The van der Waals surface area contributed by atoms with Gasteiger partial charge in [-0.2, -0.15) is 4.68 Å². The monoisotopic (exact) mass is 379 g/mol. The zero-order valence-electron chi connectivity index (χ0n) is 10.2. The summed E-state index contributed by atoms with van der Waals surface area (Å²) in [6.45, 7) is 0. The first kappa shape index (κ1) is 12.9. The summed E-state index contributed by atoms with van der Waals surface area (Å²) in [4.78, 5) is 11.1. The highest BCUT2D eigenvalue weighted by molar-refractivity contribution is 14.1. The number of nitrogens with two attached hydrogens (primary N) is 1. The molecule has 5 nitrogen and oxygen atoms in total. The maximum Gasteiger partial charge on any atom is 0.432 e. The molecular formula is C14H10IN3O2. The predicted octanol–water partition coefficient (Wildman–Crippen LogP) is 3.42. The third-order valence-electron chi connectivity index (χ3n) is 3.05. The minimum atomic E-state index is -1.14. The van der Waals surface area contributed by atoms with Gasteiger partial charge in [-0.25, -0.2) is 4.79 Å². The molecule has 2 aromatic carbocycles. The lowest BCUT2D eigenvalue weighted by atomic mass is 10.0. The SMILES string of the molecule is Nc1nn(C(=O)O)c2ccc(-c3cccc(I)c3)cc12. The van der Waals surface area contributed by atoms with Gasteiger partial charge in [-0.05, 0) is 58.0 Å². The highest BCUT2D eigenvalue weighted by Gasteiger charge is 2.13. The average Bonchev–Trinajstić information content (AvgIpc) is 2.76. The van der Waals surface area contributed by atoms with E-state index in [0.29, 0.717) is 10.9 Å². The van der Waals surface area contributed by atoms with Gasteiger partial charge < -0.3 is 10.8 Å². The van der Waals surface area contributed by atoms with Crippen molar-refractivity contribution in [2.45, 2.75) is 0 Å². The molecule has 0 fully saturated rings. The van der Waals surface area contributed by atoms with Crippen molar-refractivity contribution in [1.82, 2.24) is 9.78 Å². The highest BCUT2D eigenvalue weighted by atomic mass is 127. The van der Waals surface area contributed by atoms with Crippen LogP contribution in [0.1, 0.15) is 0 Å². The van der Waals surface area contributed by atoms with E-state index in [1.54, 1.807) is 6.07 Å². The molecule has 20 heavy (non-hydrogen) atoms. The van der Waals surface area contributed by atoms with Gasteiger partial charge in [0.05, 0.1) is 5.52 Å². The van der Waals surface area contributed by atoms with Crippen LogP contribution in [0.4, 0.5) is 10.6 Å². The van der Waals surface area contributed by atoms with Crippen molar-refractivity contribution in [3.8, 4) is 11.1 Å². The van der Waals surface area contributed by atoms with Crippen molar-refractivity contribution >= 4 is 45.4 Å². The number of halogens is 1. The maximum absolute atomic E-state index is 11.1. The molecule has 0 aliphatic heterocycles. The Morgan fingerprint density at radius 1 is 1.20 bits per heavy atom. The van der Waals surface area contributed by atoms with Crippen LogP contribution in [0, 0.1) is 3.57 Å². The molecule has 0 spiro atoms. The Morgan fingerprint density at radius 2 is 1.95 bits per heavy atom. The second-order valence-corrected chi connectivity index (χ2v) is 5.57. The molecule has 0 bridgehead atoms. The van der Waals surface area contributed by atoms with E-state index in [0.717, 1.165) is 19.4 Å². The molecule has 0 radical (unpaired) electrons. The number of rotatable bonds is 1. The summed E-state index contributed by atoms with van der Waals surface area (Å²) < 4.78 is 2.03. The number of hydrogen-bond donors (Lipinski definition) is 2. The molecule has 6 heteroatoms. The van der Waals surface area contributed by atoms with Crippen LogP contribution in [0.2, 0.25) is 0 Å². The molecular weight excluding hydrogens is 369 g/mol. The van der Waals surface area contributed by atoms with Crippen LogP contribution in [0.5, 0.6) is 0 Å². The number of nitrogen functional groups attached to an aromatic ring is 1. The summed E-state index contributed by atoms with van der Waals surface area (Å²) in [5.41, 5.74) is 8.32. The minimum absolute atomic E-state index is 0.217. The van der Waals surface area contributed by atoms with E-state index in [1.807, 2.05) is 30.3 Å². The first-order valence-corrected chi connectivity index (χ1v) is 6.91. The van der Waals surface area contributed by atoms with E-state index >= 15 is 0 Å². The summed E-state index contributed by atoms with van der Waals surface area (Å²) in [6.07, 6.45) is -1.14. The van der Waals surface area contributed by atoms with Crippen LogP contribution in [0.3, 0.4) is 0 Å².